The van der Waals surface area contributed by atoms with Crippen molar-refractivity contribution >= 4 is 5.91 Å². The van der Waals surface area contributed by atoms with Gasteiger partial charge in [0.15, 0.2) is 0 Å². The van der Waals surface area contributed by atoms with Gasteiger partial charge >= 0.3 is 6.18 Å². The summed E-state index contributed by atoms with van der Waals surface area (Å²) in [5, 5.41) is 0. The van der Waals surface area contributed by atoms with Crippen LogP contribution < -0.4 is 5.73 Å². The predicted octanol–water partition coefficient (Wildman–Crippen LogP) is 1.41. The molecule has 1 aromatic rings. The topological polar surface area (TPSA) is 62.5 Å². The lowest BCUT2D eigenvalue weighted by molar-refractivity contribution is -0.141. The number of nitrogens with two attached hydrogens (primary N) is 1. The van der Waals surface area contributed by atoms with Gasteiger partial charge in [0.05, 0.1) is 0 Å². The Morgan fingerprint density at radius 3 is 2.70 bits per heavy atom. The average molecular weight is 328 g/mol. The smallest absolute Gasteiger partial charge is 0.368 e. The van der Waals surface area contributed by atoms with Gasteiger partial charge in [0.1, 0.15) is 11.7 Å². The molecule has 0 aliphatic carbocycles. The summed E-state index contributed by atoms with van der Waals surface area (Å²) in [4.78, 5) is 19.7. The fourth-order valence-electron chi connectivity index (χ4n) is 3.54. The Hall–Kier alpha value is -1.67. The monoisotopic (exact) mass is 328 g/mol. The highest BCUT2D eigenvalue weighted by atomic mass is 19.4. The van der Waals surface area contributed by atoms with Crippen molar-refractivity contribution < 1.29 is 18.0 Å². The summed E-state index contributed by atoms with van der Waals surface area (Å²) in [7, 11) is 0. The zero-order chi connectivity index (χ0) is 16.6. The van der Waals surface area contributed by atoms with Crippen LogP contribution >= 0.6 is 0 Å². The van der Waals surface area contributed by atoms with Gasteiger partial charge in [-0.1, -0.05) is 6.07 Å². The van der Waals surface area contributed by atoms with Crippen LogP contribution in [0, 0.1) is 0 Å². The Bertz CT molecular complexity index is 575. The Morgan fingerprint density at radius 2 is 2.09 bits per heavy atom. The maximum atomic E-state index is 12.6. The lowest BCUT2D eigenvalue weighted by atomic mass is 10.0. The number of fused-ring (bicyclic) bond motifs is 1. The number of hydrogen-bond acceptors (Lipinski definition) is 4. The summed E-state index contributed by atoms with van der Waals surface area (Å²) in [6, 6.07) is 1.86. The number of nitrogens with zero attached hydrogens (tertiary/aromatic N) is 3. The second kappa shape index (κ2) is 6.09. The van der Waals surface area contributed by atoms with E-state index in [4.69, 9.17) is 5.73 Å². The fraction of sp³-hybridized carbons (Fsp3) is 0.600. The van der Waals surface area contributed by atoms with Crippen LogP contribution in [0.15, 0.2) is 18.3 Å². The predicted molar refractivity (Wildman–Crippen MR) is 77.3 cm³/mol. The molecule has 0 spiro atoms. The van der Waals surface area contributed by atoms with E-state index in [1.54, 1.807) is 0 Å². The van der Waals surface area contributed by atoms with Gasteiger partial charge in [0.2, 0.25) is 5.91 Å². The molecule has 0 saturated carbocycles. The molecule has 2 aliphatic heterocycles. The first-order valence-electron chi connectivity index (χ1n) is 7.67. The molecule has 2 N–H and O–H groups in total. The number of carbonyl (C=O) groups excluding carboxylic acids is 1. The number of primary amides is 1. The van der Waals surface area contributed by atoms with Crippen molar-refractivity contribution in [2.75, 3.05) is 26.2 Å². The first kappa shape index (κ1) is 16.2. The molecular weight excluding hydrogens is 309 g/mol. The number of amides is 1. The summed E-state index contributed by atoms with van der Waals surface area (Å²) in [5.41, 5.74) is 4.96. The number of alkyl halides is 3. The van der Waals surface area contributed by atoms with Gasteiger partial charge in [-0.25, -0.2) is 0 Å². The summed E-state index contributed by atoms with van der Waals surface area (Å²) < 4.78 is 37.8. The van der Waals surface area contributed by atoms with Gasteiger partial charge in [-0.15, -0.1) is 0 Å². The van der Waals surface area contributed by atoms with Crippen molar-refractivity contribution in [2.45, 2.75) is 31.1 Å². The maximum absolute atomic E-state index is 12.6. The first-order valence-corrected chi connectivity index (χ1v) is 7.67. The standard InChI is InChI=1S/C15H19F3N4O/c16-15(17,18)12-4-3-10(8-20-12)13(14(19)23)22-7-6-21-5-1-2-11(21)9-22/h3-4,8,11,13H,1-2,5-7,9H2,(H2,19,23)/t11-,13?/m1/s1. The summed E-state index contributed by atoms with van der Waals surface area (Å²) in [6.45, 7) is 3.30. The van der Waals surface area contributed by atoms with Crippen molar-refractivity contribution in [1.29, 1.82) is 0 Å². The Balaban J connectivity index is 1.80. The van der Waals surface area contributed by atoms with Crippen LogP contribution in [-0.2, 0) is 11.0 Å². The van der Waals surface area contributed by atoms with Crippen molar-refractivity contribution in [3.63, 3.8) is 0 Å². The second-order valence-corrected chi connectivity index (χ2v) is 6.11. The molecule has 126 valence electrons. The summed E-state index contributed by atoms with van der Waals surface area (Å²) in [6.07, 6.45) is -1.16. The Kier molecular flexibility index (Phi) is 4.29. The molecule has 2 saturated heterocycles. The minimum Gasteiger partial charge on any atom is -0.368 e. The highest BCUT2D eigenvalue weighted by molar-refractivity contribution is 5.81. The molecule has 1 aromatic heterocycles. The molecule has 2 aliphatic rings. The minimum absolute atomic E-state index is 0.396. The number of rotatable bonds is 3. The molecule has 0 aromatic carbocycles. The minimum atomic E-state index is -4.49. The van der Waals surface area contributed by atoms with Crippen LogP contribution in [0.4, 0.5) is 13.2 Å². The normalized spacial score (nSPS) is 24.4. The van der Waals surface area contributed by atoms with E-state index in [2.05, 4.69) is 9.88 Å². The molecule has 3 rings (SSSR count). The number of piperazine rings is 1. The van der Waals surface area contributed by atoms with Gasteiger partial charge < -0.3 is 5.73 Å². The molecule has 1 unspecified atom stereocenters. The molecule has 23 heavy (non-hydrogen) atoms. The molecule has 5 nitrogen and oxygen atoms in total. The Morgan fingerprint density at radius 1 is 1.30 bits per heavy atom. The number of aromatic nitrogens is 1. The van der Waals surface area contributed by atoms with Crippen molar-refractivity contribution in [3.05, 3.63) is 29.6 Å². The number of carbonyl (C=O) groups is 1. The van der Waals surface area contributed by atoms with Crippen LogP contribution in [0.5, 0.6) is 0 Å². The maximum Gasteiger partial charge on any atom is 0.433 e. The highest BCUT2D eigenvalue weighted by Gasteiger charge is 2.37. The molecule has 2 atom stereocenters. The Labute approximate surface area is 132 Å². The van der Waals surface area contributed by atoms with E-state index in [0.717, 1.165) is 38.2 Å². The summed E-state index contributed by atoms with van der Waals surface area (Å²) in [5.74, 6) is -0.557. The van der Waals surface area contributed by atoms with Crippen LogP contribution in [0.1, 0.15) is 30.1 Å². The van der Waals surface area contributed by atoms with Crippen molar-refractivity contribution in [2.24, 2.45) is 5.73 Å². The van der Waals surface area contributed by atoms with Crippen molar-refractivity contribution in [1.82, 2.24) is 14.8 Å². The van der Waals surface area contributed by atoms with Gasteiger partial charge in [-0.3, -0.25) is 19.6 Å². The molecule has 3 heterocycles. The van der Waals surface area contributed by atoms with Crippen LogP contribution in [0.25, 0.3) is 0 Å². The molecular formula is C15H19F3N4O. The third-order valence-corrected chi connectivity index (χ3v) is 4.65. The molecule has 0 radical (unpaired) electrons. The first-order chi connectivity index (χ1) is 10.9. The van der Waals surface area contributed by atoms with Gasteiger partial charge in [-0.2, -0.15) is 13.2 Å². The van der Waals surface area contributed by atoms with Gasteiger partial charge in [0, 0.05) is 31.9 Å². The number of hydrogen-bond donors (Lipinski definition) is 1. The molecule has 2 fully saturated rings. The zero-order valence-corrected chi connectivity index (χ0v) is 12.6. The molecule has 8 heteroatoms. The van der Waals surface area contributed by atoms with E-state index >= 15 is 0 Å². The molecule has 1 amide bonds. The number of halogens is 3. The third-order valence-electron chi connectivity index (χ3n) is 4.65. The van der Waals surface area contributed by atoms with Crippen LogP contribution in [-0.4, -0.2) is 52.9 Å². The van der Waals surface area contributed by atoms with E-state index in [0.29, 0.717) is 24.7 Å². The van der Waals surface area contributed by atoms with Gasteiger partial charge in [0.25, 0.3) is 0 Å². The van der Waals surface area contributed by atoms with E-state index < -0.39 is 23.8 Å². The zero-order valence-electron chi connectivity index (χ0n) is 12.6. The number of pyridine rings is 1. The van der Waals surface area contributed by atoms with Gasteiger partial charge in [-0.05, 0) is 31.0 Å². The third kappa shape index (κ3) is 3.32. The second-order valence-electron chi connectivity index (χ2n) is 6.11. The summed E-state index contributed by atoms with van der Waals surface area (Å²) >= 11 is 0. The largest absolute Gasteiger partial charge is 0.433 e. The van der Waals surface area contributed by atoms with Crippen LogP contribution in [0.3, 0.4) is 0 Å². The van der Waals surface area contributed by atoms with E-state index in [9.17, 15) is 18.0 Å². The fourth-order valence-corrected chi connectivity index (χ4v) is 3.54. The lowest BCUT2D eigenvalue weighted by Gasteiger charge is -2.40. The quantitative estimate of drug-likeness (QED) is 0.911. The highest BCUT2D eigenvalue weighted by Crippen LogP contribution is 2.30. The lowest BCUT2D eigenvalue weighted by Crippen LogP contribution is -2.53. The van der Waals surface area contributed by atoms with Crippen LogP contribution in [0.2, 0.25) is 0 Å². The average Bonchev–Trinajstić information content (AvgIpc) is 2.94. The van der Waals surface area contributed by atoms with E-state index in [1.165, 1.54) is 6.07 Å². The molecule has 0 bridgehead atoms. The SMILES string of the molecule is NC(=O)C(c1ccc(C(F)(F)F)nc1)N1CCN2CCC[C@@H]2C1. The van der Waals surface area contributed by atoms with E-state index in [-0.39, 0.29) is 0 Å². The van der Waals surface area contributed by atoms with Crippen molar-refractivity contribution in [3.8, 4) is 0 Å². The van der Waals surface area contributed by atoms with E-state index in [1.807, 2.05) is 4.90 Å².